The molecule has 0 spiro atoms. The van der Waals surface area contributed by atoms with Crippen molar-refractivity contribution in [2.24, 2.45) is 0 Å². The third-order valence-electron chi connectivity index (χ3n) is 15.8. The lowest BCUT2D eigenvalue weighted by atomic mass is 9.96. The van der Waals surface area contributed by atoms with E-state index in [1.807, 2.05) is 0 Å². The zero-order valence-electron chi connectivity index (χ0n) is 51.8. The summed E-state index contributed by atoms with van der Waals surface area (Å²) in [4.78, 5) is 113. The van der Waals surface area contributed by atoms with Gasteiger partial charge in [-0.2, -0.15) is 0 Å². The quantitative estimate of drug-likeness (QED) is 0.0416. The van der Waals surface area contributed by atoms with Gasteiger partial charge in [-0.3, -0.25) is 0 Å². The van der Waals surface area contributed by atoms with Crippen molar-refractivity contribution in [3.63, 3.8) is 0 Å². The summed E-state index contributed by atoms with van der Waals surface area (Å²) in [5.74, 6) is -8.05. The van der Waals surface area contributed by atoms with Crippen molar-refractivity contribution in [3.05, 3.63) is 287 Å². The van der Waals surface area contributed by atoms with E-state index in [2.05, 4.69) is 0 Å². The van der Waals surface area contributed by atoms with E-state index in [9.17, 15) is 53.7 Å². The first-order valence-corrected chi connectivity index (χ1v) is 31.0. The van der Waals surface area contributed by atoms with Crippen LogP contribution in [0.15, 0.2) is 243 Å². The van der Waals surface area contributed by atoms with Gasteiger partial charge in [0, 0.05) is 0 Å². The number of aliphatic hydroxyl groups excluding tert-OH is 3. The van der Waals surface area contributed by atoms with Crippen molar-refractivity contribution in [2.45, 2.75) is 92.1 Å². The Morgan fingerprint density at radius 2 is 0.490 bits per heavy atom. The van der Waals surface area contributed by atoms with Crippen molar-refractivity contribution in [2.75, 3.05) is 19.8 Å². The zero-order valence-corrected chi connectivity index (χ0v) is 51.8. The molecule has 8 aromatic carbocycles. The number of hydrogen-bond acceptors (Lipinski definition) is 24. The minimum atomic E-state index is -2.15. The van der Waals surface area contributed by atoms with Crippen LogP contribution in [0.1, 0.15) is 82.9 Å². The molecule has 15 atom stereocenters. The van der Waals surface area contributed by atoms with E-state index in [0.717, 1.165) is 0 Å². The Morgan fingerprint density at radius 3 is 0.827 bits per heavy atom. The highest BCUT2D eigenvalue weighted by atomic mass is 16.8. The predicted molar refractivity (Wildman–Crippen MR) is 338 cm³/mol. The van der Waals surface area contributed by atoms with Gasteiger partial charge in [-0.1, -0.05) is 146 Å². The highest BCUT2D eigenvalue weighted by Crippen LogP contribution is 2.36. The lowest BCUT2D eigenvalue weighted by molar-refractivity contribution is -0.337. The number of benzene rings is 8. The Balaban J connectivity index is 0.985. The molecule has 3 aliphatic heterocycles. The Morgan fingerprint density at radius 1 is 0.255 bits per heavy atom. The van der Waals surface area contributed by atoms with Gasteiger partial charge in [-0.05, 0) is 97.1 Å². The summed E-state index contributed by atoms with van der Waals surface area (Å²) < 4.78 is 80.3. The lowest BCUT2D eigenvalue weighted by Crippen LogP contribution is -2.65. The molecule has 3 N–H and O–H groups in total. The van der Waals surface area contributed by atoms with Crippen LogP contribution in [0, 0.1) is 0 Å². The van der Waals surface area contributed by atoms with E-state index in [1.165, 1.54) is 133 Å². The third-order valence-corrected chi connectivity index (χ3v) is 15.8. The van der Waals surface area contributed by atoms with Crippen LogP contribution in [0.3, 0.4) is 0 Å². The van der Waals surface area contributed by atoms with Crippen molar-refractivity contribution in [1.82, 2.24) is 0 Å². The number of ether oxygens (including phenoxy) is 13. The molecule has 0 aromatic heterocycles. The first-order valence-electron chi connectivity index (χ1n) is 31.0. The maximum atomic E-state index is 14.7. The normalized spacial score (nSPS) is 25.0. The average Bonchev–Trinajstić information content (AvgIpc) is 0.780. The van der Waals surface area contributed by atoms with Crippen LogP contribution in [0.2, 0.25) is 0 Å². The molecule has 8 aromatic rings. The SMILES string of the molecule is O=C(OC[C@H]1O[C@@H](OC[C@H]2O[C@@H](OC[C@H]3OC(O)[C@H](OC(=O)c4ccccc4)[C@@H](O)[C@@H]3OC(=O)c3ccccc3)[C@H](OC(=O)c3ccccc3)[C@@H](OC(=O)c3ccccc3)[C@@H]2OC(=O)c2ccccc2)[C@H](OC(=O)c2ccccc2)[C@@H](O)[C@@H]1OC(=O)c1ccccc1)c1ccccc1. The third kappa shape index (κ3) is 17.1. The predicted octanol–water partition coefficient (Wildman–Crippen LogP) is 7.34. The maximum Gasteiger partial charge on any atom is 0.338 e. The molecule has 0 amide bonds. The molecule has 98 heavy (non-hydrogen) atoms. The first-order chi connectivity index (χ1) is 47.7. The molecule has 24 nitrogen and oxygen atoms in total. The molecule has 24 heteroatoms. The number of carbonyl (C=O) groups excluding carboxylic acids is 8. The molecule has 3 fully saturated rings. The Labute approximate surface area is 559 Å². The summed E-state index contributed by atoms with van der Waals surface area (Å²) in [5.41, 5.74) is 0.0294. The molecule has 11 rings (SSSR count). The van der Waals surface area contributed by atoms with E-state index in [4.69, 9.17) is 61.6 Å². The van der Waals surface area contributed by atoms with Crippen LogP contribution >= 0.6 is 0 Å². The highest BCUT2D eigenvalue weighted by Gasteiger charge is 2.57. The van der Waals surface area contributed by atoms with Crippen LogP contribution in [0.4, 0.5) is 0 Å². The molecule has 0 saturated carbocycles. The van der Waals surface area contributed by atoms with Crippen molar-refractivity contribution >= 4 is 47.8 Å². The summed E-state index contributed by atoms with van der Waals surface area (Å²) in [7, 11) is 0. The number of aliphatic hydroxyl groups is 3. The smallest absolute Gasteiger partial charge is 0.338 e. The van der Waals surface area contributed by atoms with Crippen molar-refractivity contribution in [3.8, 4) is 0 Å². The van der Waals surface area contributed by atoms with E-state index in [0.29, 0.717) is 0 Å². The van der Waals surface area contributed by atoms with E-state index < -0.39 is 160 Å². The fraction of sp³-hybridized carbons (Fsp3) is 0.243. The van der Waals surface area contributed by atoms with Crippen molar-refractivity contribution in [1.29, 1.82) is 0 Å². The van der Waals surface area contributed by atoms with Crippen LogP contribution in [0.5, 0.6) is 0 Å². The number of carbonyl (C=O) groups is 8. The lowest BCUT2D eigenvalue weighted by Gasteiger charge is -2.46. The van der Waals surface area contributed by atoms with Gasteiger partial charge in [0.2, 0.25) is 0 Å². The van der Waals surface area contributed by atoms with Gasteiger partial charge in [0.15, 0.2) is 61.6 Å². The molecule has 3 saturated heterocycles. The molecule has 3 aliphatic rings. The fourth-order valence-corrected chi connectivity index (χ4v) is 10.9. The van der Waals surface area contributed by atoms with Gasteiger partial charge in [-0.15, -0.1) is 0 Å². The van der Waals surface area contributed by atoms with E-state index in [1.54, 1.807) is 109 Å². The molecule has 0 bridgehead atoms. The summed E-state index contributed by atoms with van der Waals surface area (Å²) in [6, 6.07) is 60.8. The van der Waals surface area contributed by atoms with Gasteiger partial charge in [0.1, 0.15) is 37.1 Å². The number of rotatable bonds is 23. The summed E-state index contributed by atoms with van der Waals surface area (Å²) in [5, 5.41) is 36.3. The summed E-state index contributed by atoms with van der Waals surface area (Å²) in [6.07, 6.45) is -29.0. The van der Waals surface area contributed by atoms with Gasteiger partial charge < -0.3 is 76.9 Å². The maximum absolute atomic E-state index is 14.7. The Bertz CT molecular complexity index is 3970. The average molecular weight is 1340 g/mol. The van der Waals surface area contributed by atoms with Gasteiger partial charge >= 0.3 is 47.8 Å². The molecule has 1 unspecified atom stereocenters. The van der Waals surface area contributed by atoms with E-state index >= 15 is 0 Å². The number of esters is 8. The molecule has 0 aliphatic carbocycles. The summed E-state index contributed by atoms with van der Waals surface area (Å²) in [6.45, 7) is -2.55. The fourth-order valence-electron chi connectivity index (χ4n) is 10.9. The Hall–Kier alpha value is -10.8. The van der Waals surface area contributed by atoms with Crippen LogP contribution < -0.4 is 0 Å². The van der Waals surface area contributed by atoms with E-state index in [-0.39, 0.29) is 44.5 Å². The summed E-state index contributed by atoms with van der Waals surface area (Å²) >= 11 is 0. The largest absolute Gasteiger partial charge is 0.459 e. The monoisotopic (exact) mass is 1340 g/mol. The molecule has 0 radical (unpaired) electrons. The molecule has 3 heterocycles. The highest BCUT2D eigenvalue weighted by molar-refractivity contribution is 5.93. The van der Waals surface area contributed by atoms with Crippen LogP contribution in [-0.2, 0) is 61.6 Å². The van der Waals surface area contributed by atoms with Gasteiger partial charge in [0.25, 0.3) is 0 Å². The Kier molecular flexibility index (Phi) is 22.9. The van der Waals surface area contributed by atoms with Crippen LogP contribution in [0.25, 0.3) is 0 Å². The minimum Gasteiger partial charge on any atom is -0.459 e. The standard InChI is InChI=1S/C74H64O24/c75-55-57(92-65(78)45-27-11-2-12-28-45)52(89-72(85)60(55)95-68(81)48-33-17-5-18-34-48)42-88-74-63(98-71(84)51-39-23-8-24-40-51)62(97-70(83)50-37-21-7-22-38-50)59(94-67(80)47-31-15-4-16-32-47)54(91-74)43-87-73-61(96-69(82)49-35-19-6-20-36-49)56(76)58(93-66(79)46-29-13-3-14-30-46)53(90-73)41-86-64(77)44-25-9-1-10-26-44/h1-40,52-63,72-76,85H,41-43H2/t52-,53-,54-,55+,56+,57-,58-,59-,60-,61-,62+,63-,72?,73-,74-/m1/s1. The zero-order chi connectivity index (χ0) is 68.5. The minimum absolute atomic E-state index is 0.00334. The first kappa shape index (κ1) is 68.6. The van der Waals surface area contributed by atoms with Crippen molar-refractivity contribution < 1.29 is 115 Å². The second-order valence-corrected chi connectivity index (χ2v) is 22.4. The second kappa shape index (κ2) is 32.8. The molecule has 504 valence electrons. The van der Waals surface area contributed by atoms with Crippen LogP contribution in [-0.4, -0.2) is 175 Å². The topological polar surface area (TPSA) is 317 Å². The van der Waals surface area contributed by atoms with Gasteiger partial charge in [0.05, 0.1) is 57.7 Å². The molecular weight excluding hydrogens is 1270 g/mol. The molecular formula is C74H64O24. The second-order valence-electron chi connectivity index (χ2n) is 22.4. The van der Waals surface area contributed by atoms with Gasteiger partial charge in [-0.25, -0.2) is 38.4 Å². The number of hydrogen-bond donors (Lipinski definition) is 3.